The van der Waals surface area contributed by atoms with Gasteiger partial charge in [0.1, 0.15) is 8.80 Å². The van der Waals surface area contributed by atoms with Gasteiger partial charge in [-0.05, 0) is 12.1 Å². The van der Waals surface area contributed by atoms with E-state index in [1.54, 1.807) is 0 Å². The van der Waals surface area contributed by atoms with Crippen LogP contribution in [-0.4, -0.2) is 8.80 Å². The molecule has 0 saturated carbocycles. The molecule has 0 aliphatic carbocycles. The Bertz CT molecular complexity index is 635. The first kappa shape index (κ1) is 12.9. The van der Waals surface area contributed by atoms with Crippen molar-refractivity contribution in [3.8, 4) is 0 Å². The molecule has 0 aliphatic heterocycles. The standard InChI is InChI=1S/C19H18Si/c1-16-10-8-9-15-19(16)20(17-11-4-2-5-12-17)18-13-6-3-7-14-18/h2-15,20H,1H3. The van der Waals surface area contributed by atoms with Gasteiger partial charge in [0.05, 0.1) is 0 Å². The zero-order chi connectivity index (χ0) is 13.8. The second-order valence-corrected chi connectivity index (χ2v) is 7.93. The van der Waals surface area contributed by atoms with Crippen molar-refractivity contribution in [2.24, 2.45) is 0 Å². The molecule has 0 aromatic heterocycles. The van der Waals surface area contributed by atoms with Crippen molar-refractivity contribution in [2.75, 3.05) is 0 Å². The predicted molar refractivity (Wildman–Crippen MR) is 90.1 cm³/mol. The summed E-state index contributed by atoms with van der Waals surface area (Å²) < 4.78 is 0. The van der Waals surface area contributed by atoms with Gasteiger partial charge in [0.15, 0.2) is 0 Å². The SMILES string of the molecule is Cc1ccccc1[SiH](c1ccccc1)c1ccccc1. The summed E-state index contributed by atoms with van der Waals surface area (Å²) in [6, 6.07) is 30.7. The molecular weight excluding hydrogens is 256 g/mol. The smallest absolute Gasteiger partial charge is 0.0625 e. The normalized spacial score (nSPS) is 10.7. The van der Waals surface area contributed by atoms with E-state index in [-0.39, 0.29) is 0 Å². The fraction of sp³-hybridized carbons (Fsp3) is 0.0526. The van der Waals surface area contributed by atoms with Crippen LogP contribution >= 0.6 is 0 Å². The van der Waals surface area contributed by atoms with E-state index in [1.165, 1.54) is 21.1 Å². The third kappa shape index (κ3) is 2.58. The molecule has 0 amide bonds. The minimum atomic E-state index is -1.35. The molecule has 0 bridgehead atoms. The van der Waals surface area contributed by atoms with E-state index in [1.807, 2.05) is 0 Å². The van der Waals surface area contributed by atoms with Crippen molar-refractivity contribution in [1.29, 1.82) is 0 Å². The second-order valence-electron chi connectivity index (χ2n) is 5.11. The van der Waals surface area contributed by atoms with Gasteiger partial charge in [-0.2, -0.15) is 0 Å². The molecule has 0 N–H and O–H groups in total. The first-order chi connectivity index (χ1) is 9.86. The number of benzene rings is 3. The average molecular weight is 274 g/mol. The third-order valence-corrected chi connectivity index (χ3v) is 7.14. The van der Waals surface area contributed by atoms with Crippen LogP contribution in [0.5, 0.6) is 0 Å². The Balaban J connectivity index is 2.17. The molecule has 3 rings (SSSR count). The van der Waals surface area contributed by atoms with Crippen LogP contribution in [0.4, 0.5) is 0 Å². The molecule has 0 aliphatic rings. The lowest BCUT2D eigenvalue weighted by molar-refractivity contribution is 1.51. The molecule has 20 heavy (non-hydrogen) atoms. The zero-order valence-corrected chi connectivity index (χ0v) is 12.8. The van der Waals surface area contributed by atoms with Crippen LogP contribution in [0.3, 0.4) is 0 Å². The third-order valence-electron chi connectivity index (χ3n) is 3.77. The Morgan fingerprint density at radius 1 is 0.550 bits per heavy atom. The minimum absolute atomic E-state index is 1.35. The average Bonchev–Trinajstić information content (AvgIpc) is 2.52. The van der Waals surface area contributed by atoms with Crippen LogP contribution in [0.2, 0.25) is 0 Å². The van der Waals surface area contributed by atoms with E-state index in [0.717, 1.165) is 0 Å². The van der Waals surface area contributed by atoms with Crippen LogP contribution in [-0.2, 0) is 0 Å². The molecular formula is C19H18Si. The zero-order valence-electron chi connectivity index (χ0n) is 11.7. The topological polar surface area (TPSA) is 0 Å². The number of hydrogen-bond acceptors (Lipinski definition) is 0. The monoisotopic (exact) mass is 274 g/mol. The van der Waals surface area contributed by atoms with Crippen LogP contribution in [0, 0.1) is 6.92 Å². The van der Waals surface area contributed by atoms with Gasteiger partial charge >= 0.3 is 0 Å². The second kappa shape index (κ2) is 5.89. The molecule has 0 atom stereocenters. The van der Waals surface area contributed by atoms with Gasteiger partial charge in [-0.1, -0.05) is 101 Å². The first-order valence-corrected chi connectivity index (χ1v) is 8.75. The van der Waals surface area contributed by atoms with E-state index >= 15 is 0 Å². The molecule has 98 valence electrons. The Labute approximate surface area is 122 Å². The number of hydrogen-bond donors (Lipinski definition) is 0. The summed E-state index contributed by atoms with van der Waals surface area (Å²) in [6.07, 6.45) is 0. The molecule has 1 heteroatoms. The molecule has 3 aromatic carbocycles. The van der Waals surface area contributed by atoms with Crippen LogP contribution in [0.15, 0.2) is 84.9 Å². The Morgan fingerprint density at radius 3 is 1.50 bits per heavy atom. The highest BCUT2D eigenvalue weighted by Crippen LogP contribution is 1.99. The molecule has 0 fully saturated rings. The lowest BCUT2D eigenvalue weighted by Crippen LogP contribution is -2.52. The largest absolute Gasteiger partial charge is 0.133 e. The Hall–Kier alpha value is -2.12. The molecule has 3 aromatic rings. The highest BCUT2D eigenvalue weighted by Gasteiger charge is 2.19. The van der Waals surface area contributed by atoms with Crippen molar-refractivity contribution in [2.45, 2.75) is 6.92 Å². The predicted octanol–water partition coefficient (Wildman–Crippen LogP) is 2.24. The summed E-state index contributed by atoms with van der Waals surface area (Å²) in [6.45, 7) is 2.22. The van der Waals surface area contributed by atoms with E-state index in [2.05, 4.69) is 91.9 Å². The van der Waals surface area contributed by atoms with Crippen molar-refractivity contribution in [3.05, 3.63) is 90.5 Å². The highest BCUT2D eigenvalue weighted by molar-refractivity contribution is 6.95. The van der Waals surface area contributed by atoms with Crippen molar-refractivity contribution >= 4 is 24.4 Å². The molecule has 0 spiro atoms. The van der Waals surface area contributed by atoms with Gasteiger partial charge in [0.25, 0.3) is 0 Å². The molecule has 0 unspecified atom stereocenters. The van der Waals surface area contributed by atoms with E-state index in [9.17, 15) is 0 Å². The molecule has 0 radical (unpaired) electrons. The maximum Gasteiger partial charge on any atom is 0.133 e. The van der Waals surface area contributed by atoms with Crippen molar-refractivity contribution < 1.29 is 0 Å². The maximum atomic E-state index is 2.30. The quantitative estimate of drug-likeness (QED) is 0.507. The van der Waals surface area contributed by atoms with Gasteiger partial charge in [0, 0.05) is 0 Å². The summed E-state index contributed by atoms with van der Waals surface area (Å²) in [4.78, 5) is 0. The van der Waals surface area contributed by atoms with Gasteiger partial charge < -0.3 is 0 Å². The minimum Gasteiger partial charge on any atom is -0.0625 e. The fourth-order valence-electron chi connectivity index (χ4n) is 2.75. The summed E-state index contributed by atoms with van der Waals surface area (Å²) in [7, 11) is -1.35. The Morgan fingerprint density at radius 2 is 1.00 bits per heavy atom. The Kier molecular flexibility index (Phi) is 3.80. The summed E-state index contributed by atoms with van der Waals surface area (Å²) in [5.41, 5.74) is 1.40. The van der Waals surface area contributed by atoms with E-state index in [0.29, 0.717) is 0 Å². The lowest BCUT2D eigenvalue weighted by Gasteiger charge is -2.19. The van der Waals surface area contributed by atoms with Gasteiger partial charge in [-0.25, -0.2) is 0 Å². The summed E-state index contributed by atoms with van der Waals surface area (Å²) >= 11 is 0. The van der Waals surface area contributed by atoms with Gasteiger partial charge in [-0.15, -0.1) is 0 Å². The van der Waals surface area contributed by atoms with Crippen LogP contribution in [0.1, 0.15) is 5.56 Å². The molecule has 0 nitrogen and oxygen atoms in total. The summed E-state index contributed by atoms with van der Waals surface area (Å²) in [5.74, 6) is 0. The van der Waals surface area contributed by atoms with E-state index in [4.69, 9.17) is 0 Å². The maximum absolute atomic E-state index is 2.30. The lowest BCUT2D eigenvalue weighted by atomic mass is 10.2. The van der Waals surface area contributed by atoms with Gasteiger partial charge in [-0.3, -0.25) is 0 Å². The molecule has 0 heterocycles. The summed E-state index contributed by atoms with van der Waals surface area (Å²) in [5, 5.41) is 4.48. The van der Waals surface area contributed by atoms with Crippen LogP contribution in [0.25, 0.3) is 0 Å². The van der Waals surface area contributed by atoms with Crippen molar-refractivity contribution in [1.82, 2.24) is 0 Å². The molecule has 0 saturated heterocycles. The van der Waals surface area contributed by atoms with E-state index < -0.39 is 8.80 Å². The van der Waals surface area contributed by atoms with Crippen molar-refractivity contribution in [3.63, 3.8) is 0 Å². The first-order valence-electron chi connectivity index (χ1n) is 7.01. The fourth-order valence-corrected chi connectivity index (χ4v) is 5.93. The number of aryl methyl sites for hydroxylation is 1. The highest BCUT2D eigenvalue weighted by atomic mass is 28.3. The number of rotatable bonds is 3. The van der Waals surface area contributed by atoms with Gasteiger partial charge in [0.2, 0.25) is 0 Å². The van der Waals surface area contributed by atoms with Crippen LogP contribution < -0.4 is 15.6 Å².